The number of aromatic nitrogens is 6. The van der Waals surface area contributed by atoms with Crippen LogP contribution in [0.2, 0.25) is 0 Å². The summed E-state index contributed by atoms with van der Waals surface area (Å²) in [6.07, 6.45) is 2.90. The summed E-state index contributed by atoms with van der Waals surface area (Å²) in [6.45, 7) is 3.96. The zero-order chi connectivity index (χ0) is 24.7. The quantitative estimate of drug-likeness (QED) is 0.448. The molecule has 176 valence electrons. The van der Waals surface area contributed by atoms with Crippen LogP contribution in [0.15, 0.2) is 42.6 Å². The summed E-state index contributed by atoms with van der Waals surface area (Å²) in [6, 6.07) is 11.8. The zero-order valence-electron chi connectivity index (χ0n) is 19.2. The van der Waals surface area contributed by atoms with Crippen molar-refractivity contribution in [2.45, 2.75) is 39.5 Å². The van der Waals surface area contributed by atoms with Crippen LogP contribution in [-0.2, 0) is 35.3 Å². The summed E-state index contributed by atoms with van der Waals surface area (Å²) in [7, 11) is 0. The van der Waals surface area contributed by atoms with E-state index in [9.17, 15) is 14.4 Å². The fourth-order valence-corrected chi connectivity index (χ4v) is 4.38. The molecule has 2 aromatic carbocycles. The van der Waals surface area contributed by atoms with Gasteiger partial charge in [-0.05, 0) is 48.2 Å². The third-order valence-electron chi connectivity index (χ3n) is 6.04. The fraction of sp³-hybridized carbons (Fsp3) is 0.240. The molecule has 0 unspecified atom stereocenters. The molecule has 1 N–H and O–H groups in total. The molecule has 0 bridgehead atoms. The molecule has 6 rings (SSSR count). The minimum Gasteiger partial charge on any atom is -0.476 e. The highest BCUT2D eigenvalue weighted by atomic mass is 16.4. The molecule has 4 aromatic rings. The Labute approximate surface area is 200 Å². The third-order valence-corrected chi connectivity index (χ3v) is 6.04. The Morgan fingerprint density at radius 3 is 2.06 bits per heavy atom. The van der Waals surface area contributed by atoms with Gasteiger partial charge in [-0.3, -0.25) is 9.59 Å². The van der Waals surface area contributed by atoms with Crippen molar-refractivity contribution >= 4 is 17.5 Å². The topological polar surface area (TPSA) is 133 Å². The standard InChI is InChI=1S/C13H11N3O3.C12H11N3O/c1-7-2-3-8-5-9(17)6-11-12(13(18)19)14-15-16(11)10(8)4-7;1-8-2-3-9-5-11(16)6-10-7-13-14-15(10)12(9)4-8/h2-4H,5-6H2,1H3,(H,18,19);2-4,7H,5-6H2,1H3. The average Bonchev–Trinajstić information content (AvgIpc) is 3.37. The summed E-state index contributed by atoms with van der Waals surface area (Å²) in [5.74, 6) is -0.982. The van der Waals surface area contributed by atoms with Crippen molar-refractivity contribution in [2.24, 2.45) is 0 Å². The largest absolute Gasteiger partial charge is 0.476 e. The lowest BCUT2D eigenvalue weighted by atomic mass is 10.0. The summed E-state index contributed by atoms with van der Waals surface area (Å²) < 4.78 is 3.24. The number of carbonyl (C=O) groups excluding carboxylic acids is 2. The lowest BCUT2D eigenvalue weighted by molar-refractivity contribution is -0.118. The first-order valence-electron chi connectivity index (χ1n) is 11.1. The van der Waals surface area contributed by atoms with Crippen LogP contribution in [0.5, 0.6) is 0 Å². The molecule has 35 heavy (non-hydrogen) atoms. The molecule has 0 radical (unpaired) electrons. The summed E-state index contributed by atoms with van der Waals surface area (Å²) in [5.41, 5.74) is 6.84. The van der Waals surface area contributed by atoms with Crippen molar-refractivity contribution in [2.75, 3.05) is 0 Å². The molecule has 0 saturated carbocycles. The lowest BCUT2D eigenvalue weighted by Gasteiger charge is -2.07. The van der Waals surface area contributed by atoms with Gasteiger partial charge in [0.2, 0.25) is 0 Å². The first-order chi connectivity index (χ1) is 16.8. The van der Waals surface area contributed by atoms with Crippen molar-refractivity contribution in [1.82, 2.24) is 30.0 Å². The Bertz CT molecular complexity index is 1500. The highest BCUT2D eigenvalue weighted by molar-refractivity contribution is 5.91. The molecule has 10 nitrogen and oxygen atoms in total. The van der Waals surface area contributed by atoms with Crippen LogP contribution in [-0.4, -0.2) is 52.6 Å². The minimum atomic E-state index is -1.16. The van der Waals surface area contributed by atoms with Crippen LogP contribution in [0.1, 0.15) is 44.1 Å². The molecule has 4 heterocycles. The van der Waals surface area contributed by atoms with Gasteiger partial charge in [0.1, 0.15) is 11.6 Å². The SMILES string of the molecule is Cc1ccc2c(c1)-n1nnc(C(=O)O)c1CC(=O)C2.Cc1ccc2c(c1)-n1nncc1CC(=O)C2. The molecule has 0 aliphatic carbocycles. The normalized spacial score (nSPS) is 13.9. The summed E-state index contributed by atoms with van der Waals surface area (Å²) in [5, 5.41) is 24.6. The van der Waals surface area contributed by atoms with E-state index in [1.165, 1.54) is 4.68 Å². The van der Waals surface area contributed by atoms with E-state index in [1.807, 2.05) is 50.2 Å². The van der Waals surface area contributed by atoms with Gasteiger partial charge < -0.3 is 5.11 Å². The summed E-state index contributed by atoms with van der Waals surface area (Å²) >= 11 is 0. The van der Waals surface area contributed by atoms with Crippen LogP contribution in [0.25, 0.3) is 11.4 Å². The molecular weight excluding hydrogens is 448 g/mol. The summed E-state index contributed by atoms with van der Waals surface area (Å²) in [4.78, 5) is 34.7. The van der Waals surface area contributed by atoms with E-state index in [4.69, 9.17) is 5.11 Å². The smallest absolute Gasteiger partial charge is 0.358 e. The second-order valence-electron chi connectivity index (χ2n) is 8.79. The van der Waals surface area contributed by atoms with Crippen LogP contribution < -0.4 is 0 Å². The third kappa shape index (κ3) is 4.25. The van der Waals surface area contributed by atoms with Crippen molar-refractivity contribution in [3.05, 3.63) is 81.9 Å². The monoisotopic (exact) mass is 470 g/mol. The Hall–Kier alpha value is -4.47. The Morgan fingerprint density at radius 1 is 0.829 bits per heavy atom. The van der Waals surface area contributed by atoms with E-state index in [-0.39, 0.29) is 30.1 Å². The number of hydrogen-bond donors (Lipinski definition) is 1. The van der Waals surface area contributed by atoms with Gasteiger partial charge in [-0.15, -0.1) is 10.2 Å². The van der Waals surface area contributed by atoms with Crippen LogP contribution in [0, 0.1) is 13.8 Å². The van der Waals surface area contributed by atoms with Gasteiger partial charge in [0, 0.05) is 12.8 Å². The number of rotatable bonds is 1. The number of benzene rings is 2. The maximum atomic E-state index is 11.9. The second-order valence-corrected chi connectivity index (χ2v) is 8.79. The molecule has 0 saturated heterocycles. The Kier molecular flexibility index (Phi) is 5.56. The van der Waals surface area contributed by atoms with Gasteiger partial charge in [0.15, 0.2) is 5.69 Å². The Morgan fingerprint density at radius 2 is 1.43 bits per heavy atom. The molecule has 2 aliphatic heterocycles. The lowest BCUT2D eigenvalue weighted by Crippen LogP contribution is -2.09. The maximum absolute atomic E-state index is 11.9. The van der Waals surface area contributed by atoms with Crippen LogP contribution in [0.4, 0.5) is 0 Å². The van der Waals surface area contributed by atoms with E-state index in [1.54, 1.807) is 10.9 Å². The minimum absolute atomic E-state index is 0.0337. The van der Waals surface area contributed by atoms with Gasteiger partial charge in [-0.2, -0.15) is 0 Å². The molecule has 2 aromatic heterocycles. The van der Waals surface area contributed by atoms with Gasteiger partial charge >= 0.3 is 5.97 Å². The van der Waals surface area contributed by atoms with Crippen LogP contribution >= 0.6 is 0 Å². The maximum Gasteiger partial charge on any atom is 0.358 e. The predicted octanol–water partition coefficient (Wildman–Crippen LogP) is 2.19. The van der Waals surface area contributed by atoms with Gasteiger partial charge in [-0.1, -0.05) is 34.7 Å². The van der Waals surface area contributed by atoms with E-state index < -0.39 is 5.97 Å². The number of carboxylic acid groups (broad SMARTS) is 1. The number of ketones is 2. The van der Waals surface area contributed by atoms with E-state index in [0.717, 1.165) is 39.3 Å². The first-order valence-corrected chi connectivity index (χ1v) is 11.1. The number of fused-ring (bicyclic) bond motifs is 6. The second kappa shape index (κ2) is 8.71. The number of carbonyl (C=O) groups is 3. The van der Waals surface area contributed by atoms with Crippen molar-refractivity contribution in [3.63, 3.8) is 0 Å². The molecular formula is C25H22N6O4. The van der Waals surface area contributed by atoms with Crippen molar-refractivity contribution < 1.29 is 19.5 Å². The number of hydrogen-bond acceptors (Lipinski definition) is 7. The number of aromatic carboxylic acids is 1. The number of nitrogens with zero attached hydrogens (tertiary/aromatic N) is 6. The predicted molar refractivity (Wildman–Crippen MR) is 124 cm³/mol. The molecule has 10 heteroatoms. The Balaban J connectivity index is 0.000000147. The molecule has 0 amide bonds. The van der Waals surface area contributed by atoms with Gasteiger partial charge in [-0.25, -0.2) is 14.2 Å². The van der Waals surface area contributed by atoms with E-state index in [2.05, 4.69) is 20.6 Å². The highest BCUT2D eigenvalue weighted by Crippen LogP contribution is 2.24. The van der Waals surface area contributed by atoms with E-state index >= 15 is 0 Å². The molecule has 0 fully saturated rings. The number of Topliss-reactive ketones (excluding diaryl/α,β-unsaturated/α-hetero) is 2. The number of carboxylic acids is 1. The van der Waals surface area contributed by atoms with Crippen molar-refractivity contribution in [3.8, 4) is 11.4 Å². The molecule has 0 atom stereocenters. The number of aryl methyl sites for hydroxylation is 2. The average molecular weight is 470 g/mol. The van der Waals surface area contributed by atoms with Gasteiger partial charge in [0.25, 0.3) is 0 Å². The fourth-order valence-electron chi connectivity index (χ4n) is 4.38. The first kappa shape index (κ1) is 22.3. The van der Waals surface area contributed by atoms with Gasteiger partial charge in [0.05, 0.1) is 41.8 Å². The zero-order valence-corrected chi connectivity index (χ0v) is 19.2. The van der Waals surface area contributed by atoms with E-state index in [0.29, 0.717) is 18.5 Å². The van der Waals surface area contributed by atoms with Crippen molar-refractivity contribution in [1.29, 1.82) is 0 Å². The van der Waals surface area contributed by atoms with Crippen LogP contribution in [0.3, 0.4) is 0 Å². The molecule has 0 spiro atoms. The highest BCUT2D eigenvalue weighted by Gasteiger charge is 2.26. The molecule has 2 aliphatic rings.